The van der Waals surface area contributed by atoms with Crippen LogP contribution >= 0.6 is 0 Å². The summed E-state index contributed by atoms with van der Waals surface area (Å²) in [5, 5.41) is 13.7. The van der Waals surface area contributed by atoms with E-state index in [1.54, 1.807) is 13.0 Å². The van der Waals surface area contributed by atoms with Gasteiger partial charge in [-0.2, -0.15) is 9.78 Å². The van der Waals surface area contributed by atoms with E-state index in [1.807, 2.05) is 0 Å². The number of pyridine rings is 1. The molecule has 2 fully saturated rings. The first-order valence-electron chi connectivity index (χ1n) is 12.0. The van der Waals surface area contributed by atoms with E-state index in [4.69, 9.17) is 4.74 Å². The Balaban J connectivity index is 1.43. The third-order valence-corrected chi connectivity index (χ3v) is 8.66. The summed E-state index contributed by atoms with van der Waals surface area (Å²) in [5.74, 6) is 0.219. The molecule has 2 aliphatic heterocycles. The molecule has 3 atom stereocenters. The van der Waals surface area contributed by atoms with Gasteiger partial charge in [0.25, 0.3) is 5.56 Å². The maximum atomic E-state index is 13.3. The van der Waals surface area contributed by atoms with Gasteiger partial charge in [0.1, 0.15) is 11.9 Å². The van der Waals surface area contributed by atoms with Gasteiger partial charge in [-0.05, 0) is 56.2 Å². The number of halogens is 3. The Labute approximate surface area is 221 Å². The molecule has 0 unspecified atom stereocenters. The van der Waals surface area contributed by atoms with Crippen molar-refractivity contribution in [3.63, 3.8) is 0 Å². The van der Waals surface area contributed by atoms with E-state index < -0.39 is 45.0 Å². The average Bonchev–Trinajstić information content (AvgIpc) is 3.40. The number of alkyl halides is 3. The normalized spacial score (nSPS) is 25.1. The van der Waals surface area contributed by atoms with E-state index in [-0.39, 0.29) is 40.3 Å². The summed E-state index contributed by atoms with van der Waals surface area (Å²) < 4.78 is 70.4. The molecule has 39 heavy (non-hydrogen) atoms. The lowest BCUT2D eigenvalue weighted by Crippen LogP contribution is -2.60. The minimum absolute atomic E-state index is 0.00721. The van der Waals surface area contributed by atoms with Crippen LogP contribution in [0.15, 0.2) is 64.5 Å². The molecular formula is C25H25F3N4O6S. The summed E-state index contributed by atoms with van der Waals surface area (Å²) in [4.78, 5) is 26.5. The molecular weight excluding hydrogens is 541 g/mol. The number of aromatic nitrogens is 3. The fourth-order valence-electron chi connectivity index (χ4n) is 5.89. The topological polar surface area (TPSA) is 124 Å². The second-order valence-corrected chi connectivity index (χ2v) is 12.3. The zero-order valence-corrected chi connectivity index (χ0v) is 21.7. The Bertz CT molecular complexity index is 1600. The van der Waals surface area contributed by atoms with Gasteiger partial charge in [-0.25, -0.2) is 13.2 Å². The Kier molecular flexibility index (Phi) is 6.09. The highest BCUT2D eigenvalue weighted by Gasteiger charge is 2.62. The lowest BCUT2D eigenvalue weighted by Gasteiger charge is -2.49. The van der Waals surface area contributed by atoms with E-state index >= 15 is 0 Å². The first-order chi connectivity index (χ1) is 18.1. The van der Waals surface area contributed by atoms with Gasteiger partial charge in [0.05, 0.1) is 16.1 Å². The summed E-state index contributed by atoms with van der Waals surface area (Å²) in [6.45, 7) is 1.73. The predicted molar refractivity (Wildman–Crippen MR) is 132 cm³/mol. The van der Waals surface area contributed by atoms with Crippen molar-refractivity contribution in [2.24, 2.45) is 0 Å². The largest absolute Gasteiger partial charge is 0.504 e. The highest BCUT2D eigenvalue weighted by Crippen LogP contribution is 2.56. The van der Waals surface area contributed by atoms with Crippen molar-refractivity contribution in [1.82, 2.24) is 19.2 Å². The zero-order valence-electron chi connectivity index (χ0n) is 20.9. The number of ether oxygens (including phenoxy) is 1. The van der Waals surface area contributed by atoms with Crippen LogP contribution in [-0.4, -0.2) is 56.8 Å². The molecule has 2 aliphatic rings. The zero-order chi connectivity index (χ0) is 28.4. The monoisotopic (exact) mass is 566 g/mol. The summed E-state index contributed by atoms with van der Waals surface area (Å²) in [7, 11) is -3.39. The second kappa shape index (κ2) is 8.86. The molecule has 4 heterocycles. The molecule has 208 valence electrons. The van der Waals surface area contributed by atoms with E-state index in [9.17, 15) is 36.3 Å². The third kappa shape index (κ3) is 4.66. The van der Waals surface area contributed by atoms with Gasteiger partial charge in [0.2, 0.25) is 0 Å². The van der Waals surface area contributed by atoms with Crippen molar-refractivity contribution in [2.45, 2.75) is 61.0 Å². The van der Waals surface area contributed by atoms with Crippen LogP contribution in [0.1, 0.15) is 38.3 Å². The van der Waals surface area contributed by atoms with Crippen LogP contribution in [0.25, 0.3) is 5.69 Å². The van der Waals surface area contributed by atoms with Crippen LogP contribution in [-0.2, 0) is 21.7 Å². The van der Waals surface area contributed by atoms with Gasteiger partial charge in [-0.15, -0.1) is 13.2 Å². The maximum Gasteiger partial charge on any atom is 0.504 e. The molecule has 1 amide bonds. The van der Waals surface area contributed by atoms with Gasteiger partial charge in [-0.1, -0.05) is 0 Å². The molecule has 0 saturated carbocycles. The van der Waals surface area contributed by atoms with E-state index in [0.717, 1.165) is 12.5 Å². The number of amides is 1. The second-order valence-electron chi connectivity index (χ2n) is 10.2. The molecule has 14 heteroatoms. The van der Waals surface area contributed by atoms with Crippen LogP contribution in [0.3, 0.4) is 0 Å². The first kappa shape index (κ1) is 26.8. The minimum atomic E-state index is -4.75. The molecule has 0 radical (unpaired) electrons. The van der Waals surface area contributed by atoms with Crippen molar-refractivity contribution in [2.75, 3.05) is 6.26 Å². The van der Waals surface area contributed by atoms with Gasteiger partial charge in [0, 0.05) is 48.8 Å². The minimum Gasteiger partial charge on any atom is -0.490 e. The van der Waals surface area contributed by atoms with Gasteiger partial charge in [0.15, 0.2) is 9.84 Å². The van der Waals surface area contributed by atoms with Crippen LogP contribution in [0.2, 0.25) is 0 Å². The van der Waals surface area contributed by atoms with E-state index in [1.165, 1.54) is 52.1 Å². The molecule has 10 nitrogen and oxygen atoms in total. The maximum absolute atomic E-state index is 13.3. The van der Waals surface area contributed by atoms with Gasteiger partial charge >= 0.3 is 12.4 Å². The van der Waals surface area contributed by atoms with Crippen molar-refractivity contribution in [3.8, 4) is 11.4 Å². The molecule has 3 aromatic rings. The number of nitrogens with zero attached hydrogens (tertiary/aromatic N) is 4. The third-order valence-electron chi connectivity index (χ3n) is 7.53. The van der Waals surface area contributed by atoms with Crippen LogP contribution in [0.4, 0.5) is 18.0 Å². The number of rotatable bonds is 5. The number of sulfone groups is 1. The van der Waals surface area contributed by atoms with Crippen molar-refractivity contribution >= 4 is 15.9 Å². The lowest BCUT2D eigenvalue weighted by molar-refractivity contribution is -0.212. The Morgan fingerprint density at radius 3 is 2.36 bits per heavy atom. The van der Waals surface area contributed by atoms with Crippen molar-refractivity contribution in [1.29, 1.82) is 0 Å². The highest BCUT2D eigenvalue weighted by atomic mass is 32.2. The SMILES string of the molecule is C[C@@]12CC[C@@](c3ccn(C(F)(F)F)n3)(C[C@H](Oc3ccn(-c4ccc(S(C)(=O)=O)cc4)c(=O)c3)C1)N2C(=O)O. The fourth-order valence-corrected chi connectivity index (χ4v) is 6.52. The quantitative estimate of drug-likeness (QED) is 0.497. The standard InChI is InChI=1S/C25H25F3N4O6S/c1-23-9-10-24(32(23)22(34)35,20-8-12-31(29-20)25(26,27)28)15-18(14-23)38-17-7-11-30(21(33)13-17)16-3-5-19(6-4-16)39(2,36)37/h3-8,11-13,18H,9-10,14-15H2,1-2H3,(H,34,35)/t18-,23-,24+/m1/s1. The van der Waals surface area contributed by atoms with Gasteiger partial charge < -0.3 is 9.84 Å². The smallest absolute Gasteiger partial charge is 0.490 e. The summed E-state index contributed by atoms with van der Waals surface area (Å²) in [6.07, 6.45) is -2.27. The van der Waals surface area contributed by atoms with Crippen molar-refractivity contribution < 1.29 is 36.2 Å². The number of hydrogen-bond acceptors (Lipinski definition) is 6. The fraction of sp³-hybridized carbons (Fsp3) is 0.400. The van der Waals surface area contributed by atoms with Gasteiger partial charge in [-0.3, -0.25) is 14.3 Å². The molecule has 2 bridgehead atoms. The number of benzene rings is 1. The average molecular weight is 567 g/mol. The summed E-state index contributed by atoms with van der Waals surface area (Å²) in [6, 6.07) is 9.79. The number of piperidine rings is 1. The summed E-state index contributed by atoms with van der Waals surface area (Å²) >= 11 is 0. The first-order valence-corrected chi connectivity index (χ1v) is 13.9. The number of carbonyl (C=O) groups is 1. The lowest BCUT2D eigenvalue weighted by atomic mass is 9.81. The molecule has 1 aromatic carbocycles. The molecule has 1 N–H and O–H groups in total. The predicted octanol–water partition coefficient (Wildman–Crippen LogP) is 3.88. The Hall–Kier alpha value is -3.81. The van der Waals surface area contributed by atoms with Crippen LogP contribution < -0.4 is 10.3 Å². The Morgan fingerprint density at radius 2 is 1.79 bits per heavy atom. The number of carboxylic acid groups (broad SMARTS) is 1. The van der Waals surface area contributed by atoms with Crippen LogP contribution in [0, 0.1) is 0 Å². The molecule has 2 saturated heterocycles. The highest BCUT2D eigenvalue weighted by molar-refractivity contribution is 7.90. The number of fused-ring (bicyclic) bond motifs is 2. The molecule has 2 aromatic heterocycles. The summed E-state index contributed by atoms with van der Waals surface area (Å²) in [5.41, 5.74) is -2.25. The van der Waals surface area contributed by atoms with Crippen molar-refractivity contribution in [3.05, 3.63) is 70.9 Å². The molecule has 0 spiro atoms. The Morgan fingerprint density at radius 1 is 1.10 bits per heavy atom. The molecule has 5 rings (SSSR count). The van der Waals surface area contributed by atoms with Crippen LogP contribution in [0.5, 0.6) is 5.75 Å². The van der Waals surface area contributed by atoms with E-state index in [2.05, 4.69) is 5.10 Å². The molecule has 0 aliphatic carbocycles. The van der Waals surface area contributed by atoms with E-state index in [0.29, 0.717) is 12.1 Å². The number of hydrogen-bond donors (Lipinski definition) is 1.